The Kier molecular flexibility index (Phi) is 5.38. The van der Waals surface area contributed by atoms with Crippen LogP contribution >= 0.6 is 0 Å². The van der Waals surface area contributed by atoms with Crippen LogP contribution in [0.1, 0.15) is 33.6 Å². The van der Waals surface area contributed by atoms with Crippen molar-refractivity contribution in [2.75, 3.05) is 13.1 Å². The molecule has 3 heteroatoms. The maximum atomic E-state index is 12.2. The lowest BCUT2D eigenvalue weighted by molar-refractivity contribution is -0.109. The molecule has 1 saturated carbocycles. The fraction of sp³-hybridized carbons (Fsp3) is 1.00. The van der Waals surface area contributed by atoms with Crippen molar-refractivity contribution in [1.29, 1.82) is 0 Å². The zero-order valence-corrected chi connectivity index (χ0v) is 8.16. The van der Waals surface area contributed by atoms with Crippen LogP contribution in [0.15, 0.2) is 0 Å². The van der Waals surface area contributed by atoms with Gasteiger partial charge in [0.25, 0.3) is 0 Å². The summed E-state index contributed by atoms with van der Waals surface area (Å²) in [7, 11) is 0. The van der Waals surface area contributed by atoms with Gasteiger partial charge in [0, 0.05) is 12.8 Å². The van der Waals surface area contributed by atoms with Gasteiger partial charge in [0.15, 0.2) is 0 Å². The highest BCUT2D eigenvalue weighted by molar-refractivity contribution is 4.86. The van der Waals surface area contributed by atoms with E-state index in [-0.39, 0.29) is 18.8 Å². The number of hydrogen-bond donors (Lipinski definition) is 1. The van der Waals surface area contributed by atoms with E-state index in [2.05, 4.69) is 5.32 Å². The first-order chi connectivity index (χ1) is 5.64. The molecule has 0 spiro atoms. The first kappa shape index (κ1) is 11.8. The van der Waals surface area contributed by atoms with Crippen molar-refractivity contribution in [1.82, 2.24) is 5.32 Å². The largest absolute Gasteiger partial charge is 0.317 e. The van der Waals surface area contributed by atoms with Gasteiger partial charge in [0.1, 0.15) is 0 Å². The lowest BCUT2D eigenvalue weighted by Crippen LogP contribution is -2.40. The van der Waals surface area contributed by atoms with Crippen LogP contribution in [0.2, 0.25) is 0 Å². The van der Waals surface area contributed by atoms with E-state index in [4.69, 9.17) is 0 Å². The van der Waals surface area contributed by atoms with Crippen LogP contribution in [-0.2, 0) is 0 Å². The molecular formula is C9H19F2N. The zero-order chi connectivity index (χ0) is 9.61. The molecule has 0 bridgehead atoms. The van der Waals surface area contributed by atoms with Crippen LogP contribution in [0.4, 0.5) is 8.78 Å². The summed E-state index contributed by atoms with van der Waals surface area (Å²) < 4.78 is 24.4. The monoisotopic (exact) mass is 179 g/mol. The number of hydrogen-bond acceptors (Lipinski definition) is 1. The van der Waals surface area contributed by atoms with Crippen molar-refractivity contribution in [2.24, 2.45) is 5.92 Å². The van der Waals surface area contributed by atoms with Crippen molar-refractivity contribution >= 4 is 0 Å². The topological polar surface area (TPSA) is 12.0 Å². The Morgan fingerprint density at radius 3 is 2.17 bits per heavy atom. The van der Waals surface area contributed by atoms with E-state index >= 15 is 0 Å². The Hall–Kier alpha value is -0.180. The van der Waals surface area contributed by atoms with E-state index in [9.17, 15) is 8.78 Å². The molecule has 1 aliphatic rings. The van der Waals surface area contributed by atoms with Crippen molar-refractivity contribution in [3.05, 3.63) is 0 Å². The fourth-order valence-corrected chi connectivity index (χ4v) is 1.28. The van der Waals surface area contributed by atoms with Gasteiger partial charge in [0.05, 0.1) is 0 Å². The summed E-state index contributed by atoms with van der Waals surface area (Å²) in [6.07, 6.45) is 0.167. The van der Waals surface area contributed by atoms with Crippen LogP contribution in [-0.4, -0.2) is 19.0 Å². The van der Waals surface area contributed by atoms with E-state index in [0.717, 1.165) is 13.1 Å². The molecule has 0 saturated heterocycles. The molecule has 0 atom stereocenters. The highest BCUT2D eigenvalue weighted by atomic mass is 19.3. The molecular weight excluding hydrogens is 160 g/mol. The van der Waals surface area contributed by atoms with Crippen LogP contribution in [0.25, 0.3) is 0 Å². The normalized spacial score (nSPS) is 20.8. The van der Waals surface area contributed by atoms with Crippen molar-refractivity contribution in [3.63, 3.8) is 0 Å². The molecule has 1 rings (SSSR count). The van der Waals surface area contributed by atoms with Gasteiger partial charge in [-0.2, -0.15) is 0 Å². The molecule has 0 aromatic carbocycles. The first-order valence-electron chi connectivity index (χ1n) is 4.72. The van der Waals surface area contributed by atoms with Crippen LogP contribution < -0.4 is 5.32 Å². The van der Waals surface area contributed by atoms with Crippen molar-refractivity contribution < 1.29 is 8.78 Å². The van der Waals surface area contributed by atoms with Gasteiger partial charge >= 0.3 is 0 Å². The third-order valence-electron chi connectivity index (χ3n) is 1.86. The molecule has 0 aliphatic heterocycles. The molecule has 74 valence electrons. The minimum Gasteiger partial charge on any atom is -0.317 e. The molecule has 0 aromatic heterocycles. The number of nitrogens with one attached hydrogen (secondary N) is 1. The van der Waals surface area contributed by atoms with Crippen LogP contribution in [0.3, 0.4) is 0 Å². The Balaban J connectivity index is 0.000000561. The summed E-state index contributed by atoms with van der Waals surface area (Å²) in [6, 6.07) is 0. The zero-order valence-electron chi connectivity index (χ0n) is 8.16. The number of alkyl halides is 2. The average molecular weight is 179 g/mol. The third-order valence-corrected chi connectivity index (χ3v) is 1.86. The molecule has 1 nitrogen and oxygen atoms in total. The Morgan fingerprint density at radius 2 is 1.83 bits per heavy atom. The smallest absolute Gasteiger partial charge is 0.248 e. The standard InChI is InChI=1S/C7H13F2N.C2H6/c1-2-10-5-6-3-7(8,9)4-6;1-2/h6,10H,2-5H2,1H3;1-2H3. The summed E-state index contributed by atoms with van der Waals surface area (Å²) in [4.78, 5) is 0. The summed E-state index contributed by atoms with van der Waals surface area (Å²) in [5, 5.41) is 3.05. The van der Waals surface area contributed by atoms with Crippen molar-refractivity contribution in [2.45, 2.75) is 39.5 Å². The van der Waals surface area contributed by atoms with Gasteiger partial charge in [-0.3, -0.25) is 0 Å². The van der Waals surface area contributed by atoms with E-state index in [1.807, 2.05) is 20.8 Å². The summed E-state index contributed by atoms with van der Waals surface area (Å²) in [5.41, 5.74) is 0. The number of rotatable bonds is 3. The molecule has 0 heterocycles. The Morgan fingerprint density at radius 1 is 1.33 bits per heavy atom. The molecule has 0 aromatic rings. The average Bonchev–Trinajstić information content (AvgIpc) is 2.01. The lowest BCUT2D eigenvalue weighted by atomic mass is 9.81. The van der Waals surface area contributed by atoms with E-state index in [1.54, 1.807) is 0 Å². The number of halogens is 2. The highest BCUT2D eigenvalue weighted by Crippen LogP contribution is 2.41. The third kappa shape index (κ3) is 4.00. The highest BCUT2D eigenvalue weighted by Gasteiger charge is 2.44. The van der Waals surface area contributed by atoms with Gasteiger partial charge in [-0.1, -0.05) is 20.8 Å². The first-order valence-corrected chi connectivity index (χ1v) is 4.72. The summed E-state index contributed by atoms with van der Waals surface area (Å²) >= 11 is 0. The minimum atomic E-state index is -2.35. The lowest BCUT2D eigenvalue weighted by Gasteiger charge is -2.34. The molecule has 0 radical (unpaired) electrons. The predicted molar refractivity (Wildman–Crippen MR) is 47.6 cm³/mol. The van der Waals surface area contributed by atoms with Gasteiger partial charge in [-0.05, 0) is 19.0 Å². The predicted octanol–water partition coefficient (Wildman–Crippen LogP) is 2.67. The van der Waals surface area contributed by atoms with E-state index in [1.165, 1.54) is 0 Å². The maximum Gasteiger partial charge on any atom is 0.248 e. The second-order valence-corrected chi connectivity index (χ2v) is 2.94. The minimum absolute atomic E-state index is 0.0833. The maximum absolute atomic E-state index is 12.2. The Labute approximate surface area is 73.5 Å². The van der Waals surface area contributed by atoms with Crippen LogP contribution in [0, 0.1) is 5.92 Å². The van der Waals surface area contributed by atoms with Gasteiger partial charge in [0.2, 0.25) is 5.92 Å². The van der Waals surface area contributed by atoms with Gasteiger partial charge in [-0.15, -0.1) is 0 Å². The van der Waals surface area contributed by atoms with Crippen LogP contribution in [0.5, 0.6) is 0 Å². The van der Waals surface area contributed by atoms with Crippen molar-refractivity contribution in [3.8, 4) is 0 Å². The molecule has 1 fully saturated rings. The second kappa shape index (κ2) is 5.46. The van der Waals surface area contributed by atoms with E-state index in [0.29, 0.717) is 0 Å². The van der Waals surface area contributed by atoms with Gasteiger partial charge < -0.3 is 5.32 Å². The molecule has 0 unspecified atom stereocenters. The quantitative estimate of drug-likeness (QED) is 0.702. The molecule has 1 aliphatic carbocycles. The van der Waals surface area contributed by atoms with E-state index < -0.39 is 5.92 Å². The fourth-order valence-electron chi connectivity index (χ4n) is 1.28. The summed E-state index contributed by atoms with van der Waals surface area (Å²) in [5.74, 6) is -2.13. The van der Waals surface area contributed by atoms with Gasteiger partial charge in [-0.25, -0.2) is 8.78 Å². The summed E-state index contributed by atoms with van der Waals surface area (Å²) in [6.45, 7) is 7.62. The SMILES string of the molecule is CC.CCNCC1CC(F)(F)C1. The molecule has 1 N–H and O–H groups in total. The Bertz CT molecular complexity index is 107. The molecule has 12 heavy (non-hydrogen) atoms. The molecule has 0 amide bonds. The second-order valence-electron chi connectivity index (χ2n) is 2.94.